The predicted octanol–water partition coefficient (Wildman–Crippen LogP) is 3.86. The molecule has 0 saturated heterocycles. The van der Waals surface area contributed by atoms with Crippen molar-refractivity contribution < 1.29 is 9.21 Å². The van der Waals surface area contributed by atoms with E-state index in [9.17, 15) is 4.79 Å². The van der Waals surface area contributed by atoms with Gasteiger partial charge in [-0.3, -0.25) is 9.48 Å². The van der Waals surface area contributed by atoms with E-state index in [2.05, 4.69) is 27.5 Å². The Morgan fingerprint density at radius 3 is 2.66 bits per heavy atom. The first-order valence-corrected chi connectivity index (χ1v) is 9.81. The van der Waals surface area contributed by atoms with Crippen LogP contribution in [0.15, 0.2) is 59.0 Å². The summed E-state index contributed by atoms with van der Waals surface area (Å²) in [5, 5.41) is 7.35. The van der Waals surface area contributed by atoms with Crippen molar-refractivity contribution in [3.63, 3.8) is 0 Å². The molecule has 0 fully saturated rings. The highest BCUT2D eigenvalue weighted by Crippen LogP contribution is 2.18. The Hall–Kier alpha value is -3.41. The third kappa shape index (κ3) is 4.54. The van der Waals surface area contributed by atoms with Crippen molar-refractivity contribution in [2.45, 2.75) is 33.2 Å². The zero-order chi connectivity index (χ0) is 20.2. The number of hydrogen-bond acceptors (Lipinski definition) is 4. The summed E-state index contributed by atoms with van der Waals surface area (Å²) in [6.45, 7) is 5.13. The standard InChI is InChI=1S/C23H24N4O2/c1-16-14-17(2)27(26-16)13-12-24-23(28)19-9-10-21-20(15-19)25-22(29-21)11-8-18-6-4-3-5-7-18/h3-7,9-10,14-15H,8,11-13H2,1-2H3,(H,24,28). The molecule has 4 rings (SSSR count). The molecular formula is C23H24N4O2. The molecule has 0 saturated carbocycles. The smallest absolute Gasteiger partial charge is 0.251 e. The van der Waals surface area contributed by atoms with Gasteiger partial charge in [-0.1, -0.05) is 30.3 Å². The van der Waals surface area contributed by atoms with Gasteiger partial charge in [-0.05, 0) is 50.1 Å². The molecule has 4 aromatic rings. The molecule has 29 heavy (non-hydrogen) atoms. The van der Waals surface area contributed by atoms with Gasteiger partial charge in [-0.2, -0.15) is 5.10 Å². The normalized spacial score (nSPS) is 11.1. The van der Waals surface area contributed by atoms with Crippen molar-refractivity contribution in [3.8, 4) is 0 Å². The molecule has 0 unspecified atom stereocenters. The van der Waals surface area contributed by atoms with Gasteiger partial charge < -0.3 is 9.73 Å². The van der Waals surface area contributed by atoms with Crippen LogP contribution in [0.25, 0.3) is 11.1 Å². The molecule has 2 aromatic heterocycles. The minimum absolute atomic E-state index is 0.123. The van der Waals surface area contributed by atoms with Gasteiger partial charge in [0.05, 0.1) is 12.2 Å². The number of rotatable bonds is 7. The second-order valence-electron chi connectivity index (χ2n) is 7.18. The number of aryl methyl sites for hydroxylation is 4. The van der Waals surface area contributed by atoms with Crippen LogP contribution in [0.5, 0.6) is 0 Å². The third-order valence-electron chi connectivity index (χ3n) is 4.88. The zero-order valence-electron chi connectivity index (χ0n) is 16.7. The number of amides is 1. The van der Waals surface area contributed by atoms with Crippen molar-refractivity contribution in [1.29, 1.82) is 0 Å². The molecule has 0 radical (unpaired) electrons. The van der Waals surface area contributed by atoms with Crippen LogP contribution >= 0.6 is 0 Å². The van der Waals surface area contributed by atoms with Crippen molar-refractivity contribution in [2.24, 2.45) is 0 Å². The molecule has 6 heteroatoms. The van der Waals surface area contributed by atoms with Crippen LogP contribution in [0.2, 0.25) is 0 Å². The summed E-state index contributed by atoms with van der Waals surface area (Å²) < 4.78 is 7.72. The largest absolute Gasteiger partial charge is 0.441 e. The van der Waals surface area contributed by atoms with E-state index in [1.807, 2.05) is 48.9 Å². The molecule has 2 heterocycles. The van der Waals surface area contributed by atoms with Crippen LogP contribution in [0.1, 0.15) is 33.2 Å². The first-order valence-electron chi connectivity index (χ1n) is 9.81. The van der Waals surface area contributed by atoms with Gasteiger partial charge >= 0.3 is 0 Å². The van der Waals surface area contributed by atoms with Crippen molar-refractivity contribution in [2.75, 3.05) is 6.54 Å². The third-order valence-corrected chi connectivity index (χ3v) is 4.88. The molecule has 6 nitrogen and oxygen atoms in total. The van der Waals surface area contributed by atoms with E-state index < -0.39 is 0 Å². The number of benzene rings is 2. The van der Waals surface area contributed by atoms with Gasteiger partial charge in [0.2, 0.25) is 0 Å². The molecule has 0 bridgehead atoms. The lowest BCUT2D eigenvalue weighted by Crippen LogP contribution is -2.27. The Kier molecular flexibility index (Phi) is 5.42. The van der Waals surface area contributed by atoms with Crippen LogP contribution < -0.4 is 5.32 Å². The fraction of sp³-hybridized carbons (Fsp3) is 0.261. The highest BCUT2D eigenvalue weighted by molar-refractivity contribution is 5.97. The monoisotopic (exact) mass is 388 g/mol. The van der Waals surface area contributed by atoms with Crippen molar-refractivity contribution in [1.82, 2.24) is 20.1 Å². The Labute approximate surface area is 169 Å². The summed E-state index contributed by atoms with van der Waals surface area (Å²) in [6.07, 6.45) is 1.59. The van der Waals surface area contributed by atoms with Gasteiger partial charge in [-0.15, -0.1) is 0 Å². The van der Waals surface area contributed by atoms with E-state index in [0.717, 1.165) is 24.2 Å². The second kappa shape index (κ2) is 8.31. The van der Waals surface area contributed by atoms with Gasteiger partial charge in [0, 0.05) is 24.2 Å². The summed E-state index contributed by atoms with van der Waals surface area (Å²) in [5.74, 6) is 0.563. The van der Waals surface area contributed by atoms with E-state index >= 15 is 0 Å². The number of oxazole rings is 1. The minimum Gasteiger partial charge on any atom is -0.441 e. The zero-order valence-corrected chi connectivity index (χ0v) is 16.7. The Morgan fingerprint density at radius 1 is 1.07 bits per heavy atom. The number of carbonyl (C=O) groups is 1. The van der Waals surface area contributed by atoms with Gasteiger partial charge in [0.15, 0.2) is 11.5 Å². The summed E-state index contributed by atoms with van der Waals surface area (Å²) in [7, 11) is 0. The number of nitrogens with one attached hydrogen (secondary N) is 1. The minimum atomic E-state index is -0.123. The van der Waals surface area contributed by atoms with Crippen LogP contribution in [-0.2, 0) is 19.4 Å². The fourth-order valence-corrected chi connectivity index (χ4v) is 3.40. The molecular weight excluding hydrogens is 364 g/mol. The first kappa shape index (κ1) is 18.9. The summed E-state index contributed by atoms with van der Waals surface area (Å²) in [5.41, 5.74) is 5.30. The topological polar surface area (TPSA) is 73.0 Å². The summed E-state index contributed by atoms with van der Waals surface area (Å²) >= 11 is 0. The van der Waals surface area contributed by atoms with Gasteiger partial charge in [0.25, 0.3) is 5.91 Å². The lowest BCUT2D eigenvalue weighted by atomic mass is 10.1. The first-order chi connectivity index (χ1) is 14.1. The molecule has 0 aliphatic heterocycles. The molecule has 2 aromatic carbocycles. The quantitative estimate of drug-likeness (QED) is 0.522. The Balaban J connectivity index is 1.37. The van der Waals surface area contributed by atoms with E-state index in [1.54, 1.807) is 12.1 Å². The molecule has 1 N–H and O–H groups in total. The summed E-state index contributed by atoms with van der Waals surface area (Å²) in [6, 6.07) is 17.6. The number of fused-ring (bicyclic) bond motifs is 1. The molecule has 0 atom stereocenters. The van der Waals surface area contributed by atoms with Crippen LogP contribution in [0, 0.1) is 13.8 Å². The molecule has 0 spiro atoms. The van der Waals surface area contributed by atoms with Crippen molar-refractivity contribution in [3.05, 3.63) is 83.0 Å². The van der Waals surface area contributed by atoms with Gasteiger partial charge in [-0.25, -0.2) is 4.98 Å². The second-order valence-corrected chi connectivity index (χ2v) is 7.18. The molecule has 0 aliphatic carbocycles. The summed E-state index contributed by atoms with van der Waals surface area (Å²) in [4.78, 5) is 17.0. The average Bonchev–Trinajstić information content (AvgIpc) is 3.28. The fourth-order valence-electron chi connectivity index (χ4n) is 3.40. The lowest BCUT2D eigenvalue weighted by Gasteiger charge is -2.07. The van der Waals surface area contributed by atoms with Crippen LogP contribution in [0.3, 0.4) is 0 Å². The maximum absolute atomic E-state index is 12.5. The maximum Gasteiger partial charge on any atom is 0.251 e. The van der Waals surface area contributed by atoms with Crippen LogP contribution in [-0.4, -0.2) is 27.2 Å². The Bertz CT molecular complexity index is 1130. The van der Waals surface area contributed by atoms with Gasteiger partial charge in [0.1, 0.15) is 5.52 Å². The number of hydrogen-bond donors (Lipinski definition) is 1. The number of aromatic nitrogens is 3. The highest BCUT2D eigenvalue weighted by atomic mass is 16.3. The predicted molar refractivity (Wildman–Crippen MR) is 112 cm³/mol. The van der Waals surface area contributed by atoms with E-state index in [0.29, 0.717) is 35.6 Å². The molecule has 1 amide bonds. The van der Waals surface area contributed by atoms with E-state index in [1.165, 1.54) is 5.56 Å². The highest BCUT2D eigenvalue weighted by Gasteiger charge is 2.11. The SMILES string of the molecule is Cc1cc(C)n(CCNC(=O)c2ccc3oc(CCc4ccccc4)nc3c2)n1. The van der Waals surface area contributed by atoms with E-state index in [4.69, 9.17) is 4.42 Å². The average molecular weight is 388 g/mol. The Morgan fingerprint density at radius 2 is 1.90 bits per heavy atom. The van der Waals surface area contributed by atoms with E-state index in [-0.39, 0.29) is 5.91 Å². The van der Waals surface area contributed by atoms with Crippen LogP contribution in [0.4, 0.5) is 0 Å². The lowest BCUT2D eigenvalue weighted by molar-refractivity contribution is 0.0952. The van der Waals surface area contributed by atoms with Crippen molar-refractivity contribution >= 4 is 17.0 Å². The maximum atomic E-state index is 12.5. The number of carbonyl (C=O) groups excluding carboxylic acids is 1. The molecule has 0 aliphatic rings. The molecule has 148 valence electrons. The number of nitrogens with zero attached hydrogens (tertiary/aromatic N) is 3.